The number of rotatable bonds is 6. The number of carbonyl (C=O) groups is 2. The van der Waals surface area contributed by atoms with Gasteiger partial charge in [0.2, 0.25) is 0 Å². The van der Waals surface area contributed by atoms with Gasteiger partial charge >= 0.3 is 0 Å². The molecule has 4 rings (SSSR count). The molecule has 1 aliphatic heterocycles. The van der Waals surface area contributed by atoms with E-state index in [1.165, 1.54) is 16.2 Å². The molecule has 1 fully saturated rings. The molecule has 1 unspecified atom stereocenters. The lowest BCUT2D eigenvalue weighted by atomic mass is 9.98. The summed E-state index contributed by atoms with van der Waals surface area (Å²) < 4.78 is 10.9. The van der Waals surface area contributed by atoms with Gasteiger partial charge < -0.3 is 14.6 Å². The van der Waals surface area contributed by atoms with Gasteiger partial charge in [0.1, 0.15) is 23.3 Å². The molecule has 1 atom stereocenters. The molecule has 3 aromatic rings. The van der Waals surface area contributed by atoms with Crippen LogP contribution in [0.4, 0.5) is 5.69 Å². The van der Waals surface area contributed by atoms with Crippen LogP contribution in [0.2, 0.25) is 0 Å². The molecule has 0 radical (unpaired) electrons. The fourth-order valence-electron chi connectivity index (χ4n) is 3.89. The molecular formula is C25H23NO5S. The lowest BCUT2D eigenvalue weighted by Gasteiger charge is -2.24. The first-order valence-electron chi connectivity index (χ1n) is 10.2. The standard InChI is InChI=1S/C25H23NO5S/c1-4-31-18-8-5-7-17(14-18)26-22(20-9-6-12-32-20)21(24(28)25(26)29)23(27)16-10-11-19(30-3)15(2)13-16/h5-14,22,27H,4H2,1-3H3/b23-21-. The Morgan fingerprint density at radius 1 is 1.12 bits per heavy atom. The minimum Gasteiger partial charge on any atom is -0.507 e. The van der Waals surface area contributed by atoms with Crippen LogP contribution in [0.15, 0.2) is 65.6 Å². The molecule has 1 aliphatic rings. The fourth-order valence-corrected chi connectivity index (χ4v) is 4.71. The number of hydrogen-bond acceptors (Lipinski definition) is 6. The maximum Gasteiger partial charge on any atom is 0.300 e. The van der Waals surface area contributed by atoms with Gasteiger partial charge in [0.15, 0.2) is 0 Å². The van der Waals surface area contributed by atoms with E-state index < -0.39 is 17.7 Å². The van der Waals surface area contributed by atoms with Gasteiger partial charge in [0.05, 0.1) is 19.3 Å². The zero-order valence-corrected chi connectivity index (χ0v) is 18.8. The highest BCUT2D eigenvalue weighted by Crippen LogP contribution is 2.44. The van der Waals surface area contributed by atoms with E-state index in [9.17, 15) is 14.7 Å². The third-order valence-corrected chi connectivity index (χ3v) is 6.26. The molecule has 7 heteroatoms. The highest BCUT2D eigenvalue weighted by Gasteiger charge is 2.47. The highest BCUT2D eigenvalue weighted by molar-refractivity contribution is 7.10. The van der Waals surface area contributed by atoms with Crippen LogP contribution in [-0.4, -0.2) is 30.5 Å². The van der Waals surface area contributed by atoms with Crippen LogP contribution in [-0.2, 0) is 9.59 Å². The third-order valence-electron chi connectivity index (χ3n) is 5.33. The number of Topliss-reactive ketones (excluding diaryl/α,β-unsaturated/α-hetero) is 1. The predicted octanol–water partition coefficient (Wildman–Crippen LogP) is 5.09. The average Bonchev–Trinajstić information content (AvgIpc) is 3.41. The first-order valence-corrected chi connectivity index (χ1v) is 11.1. The van der Waals surface area contributed by atoms with Crippen molar-refractivity contribution in [2.45, 2.75) is 19.9 Å². The Balaban J connectivity index is 1.88. The number of nitrogens with zero attached hydrogens (tertiary/aromatic N) is 1. The van der Waals surface area contributed by atoms with E-state index >= 15 is 0 Å². The smallest absolute Gasteiger partial charge is 0.300 e. The molecular weight excluding hydrogens is 426 g/mol. The van der Waals surface area contributed by atoms with Crippen molar-refractivity contribution in [3.63, 3.8) is 0 Å². The number of aryl methyl sites for hydroxylation is 1. The lowest BCUT2D eigenvalue weighted by molar-refractivity contribution is -0.132. The van der Waals surface area contributed by atoms with Crippen molar-refractivity contribution in [3.8, 4) is 11.5 Å². The quantitative estimate of drug-likeness (QED) is 0.322. The van der Waals surface area contributed by atoms with Crippen LogP contribution in [0.1, 0.15) is 29.0 Å². The Bertz CT molecular complexity index is 1200. The van der Waals surface area contributed by atoms with E-state index in [4.69, 9.17) is 9.47 Å². The number of carbonyl (C=O) groups excluding carboxylic acids is 2. The minimum absolute atomic E-state index is 0.0591. The molecule has 0 bridgehead atoms. The van der Waals surface area contributed by atoms with E-state index in [0.717, 1.165) is 10.4 Å². The van der Waals surface area contributed by atoms with Gasteiger partial charge in [-0.05, 0) is 61.2 Å². The molecule has 0 spiro atoms. The number of methoxy groups -OCH3 is 1. The maximum absolute atomic E-state index is 13.2. The highest BCUT2D eigenvalue weighted by atomic mass is 32.1. The van der Waals surface area contributed by atoms with Crippen LogP contribution in [0, 0.1) is 6.92 Å². The SMILES string of the molecule is CCOc1cccc(N2C(=O)C(=O)/C(=C(\O)c3ccc(OC)c(C)c3)C2c2cccs2)c1. The van der Waals surface area contributed by atoms with E-state index in [1.807, 2.05) is 31.4 Å². The van der Waals surface area contributed by atoms with Crippen molar-refractivity contribution in [3.05, 3.63) is 81.6 Å². The van der Waals surface area contributed by atoms with Gasteiger partial charge in [-0.3, -0.25) is 14.5 Å². The monoisotopic (exact) mass is 449 g/mol. The number of aliphatic hydroxyl groups is 1. The molecule has 2 aromatic carbocycles. The van der Waals surface area contributed by atoms with Gasteiger partial charge in [-0.1, -0.05) is 12.1 Å². The summed E-state index contributed by atoms with van der Waals surface area (Å²) in [4.78, 5) is 28.5. The number of benzene rings is 2. The van der Waals surface area contributed by atoms with Crippen LogP contribution >= 0.6 is 11.3 Å². The van der Waals surface area contributed by atoms with Crippen LogP contribution in [0.3, 0.4) is 0 Å². The summed E-state index contributed by atoms with van der Waals surface area (Å²) in [5.41, 5.74) is 1.85. The first kappa shape index (κ1) is 21.6. The molecule has 1 amide bonds. The molecule has 1 saturated heterocycles. The largest absolute Gasteiger partial charge is 0.507 e. The Hall–Kier alpha value is -3.58. The lowest BCUT2D eigenvalue weighted by Crippen LogP contribution is -2.29. The van der Waals surface area contributed by atoms with Crippen molar-refractivity contribution in [1.82, 2.24) is 0 Å². The fraction of sp³-hybridized carbons (Fsp3) is 0.200. The molecule has 32 heavy (non-hydrogen) atoms. The van der Waals surface area contributed by atoms with Crippen molar-refractivity contribution in [2.24, 2.45) is 0 Å². The van der Waals surface area contributed by atoms with Crippen LogP contribution in [0.5, 0.6) is 11.5 Å². The minimum atomic E-state index is -0.741. The van der Waals surface area contributed by atoms with Crippen molar-refractivity contribution in [2.75, 3.05) is 18.6 Å². The topological polar surface area (TPSA) is 76.1 Å². The van der Waals surface area contributed by atoms with Gasteiger partial charge in [0.25, 0.3) is 11.7 Å². The Kier molecular flexibility index (Phi) is 6.01. The van der Waals surface area contributed by atoms with Crippen molar-refractivity contribution >= 4 is 34.5 Å². The van der Waals surface area contributed by atoms with Gasteiger partial charge in [-0.2, -0.15) is 0 Å². The van der Waals surface area contributed by atoms with Crippen molar-refractivity contribution < 1.29 is 24.2 Å². The van der Waals surface area contributed by atoms with E-state index in [-0.39, 0.29) is 11.3 Å². The number of anilines is 1. The summed E-state index contributed by atoms with van der Waals surface area (Å²) >= 11 is 1.42. The van der Waals surface area contributed by atoms with Gasteiger partial charge in [-0.15, -0.1) is 11.3 Å². The molecule has 1 aromatic heterocycles. The second kappa shape index (κ2) is 8.88. The average molecular weight is 450 g/mol. The number of aliphatic hydroxyl groups excluding tert-OH is 1. The molecule has 1 N–H and O–H groups in total. The third kappa shape index (κ3) is 3.76. The maximum atomic E-state index is 13.2. The van der Waals surface area contributed by atoms with Gasteiger partial charge in [0, 0.05) is 22.2 Å². The summed E-state index contributed by atoms with van der Waals surface area (Å²) in [6.45, 7) is 4.21. The summed E-state index contributed by atoms with van der Waals surface area (Å²) in [5, 5.41) is 13.1. The molecule has 6 nitrogen and oxygen atoms in total. The molecule has 164 valence electrons. The number of thiophene rings is 1. The zero-order valence-electron chi connectivity index (χ0n) is 18.0. The normalized spacial score (nSPS) is 17.6. The van der Waals surface area contributed by atoms with E-state index in [0.29, 0.717) is 29.4 Å². The van der Waals surface area contributed by atoms with E-state index in [1.54, 1.807) is 49.6 Å². The Labute approximate surface area is 190 Å². The summed E-state index contributed by atoms with van der Waals surface area (Å²) in [6, 6.07) is 15.2. The number of amides is 1. The summed E-state index contributed by atoms with van der Waals surface area (Å²) in [7, 11) is 1.57. The second-order valence-electron chi connectivity index (χ2n) is 7.30. The predicted molar refractivity (Wildman–Crippen MR) is 124 cm³/mol. The summed E-state index contributed by atoms with van der Waals surface area (Å²) in [5.74, 6) is -0.358. The zero-order chi connectivity index (χ0) is 22.8. The van der Waals surface area contributed by atoms with E-state index in [2.05, 4.69) is 0 Å². The molecule has 2 heterocycles. The number of ketones is 1. The molecule has 0 aliphatic carbocycles. The summed E-state index contributed by atoms with van der Waals surface area (Å²) in [6.07, 6.45) is 0. The first-order chi connectivity index (χ1) is 15.5. The van der Waals surface area contributed by atoms with Crippen molar-refractivity contribution in [1.29, 1.82) is 0 Å². The molecule has 0 saturated carbocycles. The Morgan fingerprint density at radius 2 is 1.94 bits per heavy atom. The van der Waals surface area contributed by atoms with Crippen LogP contribution < -0.4 is 14.4 Å². The van der Waals surface area contributed by atoms with Crippen LogP contribution in [0.25, 0.3) is 5.76 Å². The number of ether oxygens (including phenoxy) is 2. The second-order valence-corrected chi connectivity index (χ2v) is 8.28. The number of hydrogen-bond donors (Lipinski definition) is 1. The van der Waals surface area contributed by atoms with Gasteiger partial charge in [-0.25, -0.2) is 0 Å². The Morgan fingerprint density at radius 3 is 2.59 bits per heavy atom.